The number of ether oxygens (including phenoxy) is 2. The van der Waals surface area contributed by atoms with Gasteiger partial charge in [0.15, 0.2) is 6.29 Å². The van der Waals surface area contributed by atoms with Crippen LogP contribution in [0.25, 0.3) is 0 Å². The van der Waals surface area contributed by atoms with Crippen LogP contribution in [0.15, 0.2) is 0 Å². The summed E-state index contributed by atoms with van der Waals surface area (Å²) in [6, 6.07) is 0. The third-order valence-electron chi connectivity index (χ3n) is 3.49. The normalized spacial score (nSPS) is 33.7. The van der Waals surface area contributed by atoms with Crippen LogP contribution in [0.1, 0.15) is 41.5 Å². The van der Waals surface area contributed by atoms with E-state index in [1.807, 2.05) is 27.7 Å². The van der Waals surface area contributed by atoms with Crippen LogP contribution in [-0.2, 0) is 9.47 Å². The molecule has 1 saturated heterocycles. The van der Waals surface area contributed by atoms with Gasteiger partial charge >= 0.3 is 0 Å². The second kappa shape index (κ2) is 13.8. The molecule has 1 rings (SSSR count). The van der Waals surface area contributed by atoms with Gasteiger partial charge in [-0.25, -0.2) is 0 Å². The lowest BCUT2D eigenvalue weighted by Crippen LogP contribution is -2.59. The van der Waals surface area contributed by atoms with Gasteiger partial charge in [-0.15, -0.1) is 0 Å². The van der Waals surface area contributed by atoms with Crippen LogP contribution in [0, 0.1) is 0 Å². The molecule has 0 bridgehead atoms. The Kier molecular flexibility index (Phi) is 14.8. The van der Waals surface area contributed by atoms with Crippen LogP contribution in [0.5, 0.6) is 0 Å². The smallest absolute Gasteiger partial charge is 0.187 e. The molecular formula is C16H36O9. The fourth-order valence-corrected chi connectivity index (χ4v) is 2.09. The largest absolute Gasteiger partial charge is 0.394 e. The van der Waals surface area contributed by atoms with Crippen LogP contribution in [0.3, 0.4) is 0 Å². The fraction of sp³-hybridized carbons (Fsp3) is 1.00. The summed E-state index contributed by atoms with van der Waals surface area (Å²) in [5.74, 6) is 0. The van der Waals surface area contributed by atoms with Crippen molar-refractivity contribution in [1.82, 2.24) is 0 Å². The quantitative estimate of drug-likeness (QED) is 0.290. The minimum absolute atomic E-state index is 0.750. The van der Waals surface area contributed by atoms with E-state index in [4.69, 9.17) is 14.6 Å². The molecule has 9 heteroatoms. The molecule has 9 atom stereocenters. The maximum absolute atomic E-state index is 9.80. The highest BCUT2D eigenvalue weighted by Crippen LogP contribution is 2.24. The molecule has 0 aromatic carbocycles. The third-order valence-corrected chi connectivity index (χ3v) is 3.49. The summed E-state index contributed by atoms with van der Waals surface area (Å²) in [7, 11) is 0. The molecule has 1 heterocycles. The van der Waals surface area contributed by atoms with Crippen molar-refractivity contribution in [2.45, 2.75) is 96.7 Å². The summed E-state index contributed by atoms with van der Waals surface area (Å²) in [5, 5.41) is 66.6. The molecule has 25 heavy (non-hydrogen) atoms. The molecule has 0 amide bonds. The number of aliphatic hydroxyl groups is 7. The van der Waals surface area contributed by atoms with Gasteiger partial charge in [-0.3, -0.25) is 0 Å². The Hall–Kier alpha value is -0.360. The summed E-state index contributed by atoms with van der Waals surface area (Å²) in [6.07, 6.45) is -12.5. The Balaban J connectivity index is 0. The molecule has 154 valence electrons. The first kappa shape index (κ1) is 26.9. The highest BCUT2D eigenvalue weighted by atomic mass is 16.7. The summed E-state index contributed by atoms with van der Waals surface area (Å²) < 4.78 is 10.4. The monoisotopic (exact) mass is 372 g/mol. The Bertz CT molecular complexity index is 316. The Morgan fingerprint density at radius 1 is 0.920 bits per heavy atom. The van der Waals surface area contributed by atoms with Crippen molar-refractivity contribution < 1.29 is 45.2 Å². The van der Waals surface area contributed by atoms with E-state index in [1.54, 1.807) is 0 Å². The number of hydrogen-bond acceptors (Lipinski definition) is 9. The zero-order chi connectivity index (χ0) is 20.3. The SMILES string of the molecule is CC.CC.CC(O)C(O[C@@H]1O[C@H](C)[C@H](O)[C@H](O)[C@H]1O)C(O)C(O)CO. The van der Waals surface area contributed by atoms with Gasteiger partial charge in [0, 0.05) is 0 Å². The summed E-state index contributed by atoms with van der Waals surface area (Å²) >= 11 is 0. The second-order valence-corrected chi connectivity index (χ2v) is 5.26. The van der Waals surface area contributed by atoms with E-state index >= 15 is 0 Å². The zero-order valence-corrected chi connectivity index (χ0v) is 15.9. The molecule has 7 N–H and O–H groups in total. The molecule has 0 radical (unpaired) electrons. The predicted octanol–water partition coefficient (Wildman–Crippen LogP) is -1.65. The highest BCUT2D eigenvalue weighted by Gasteiger charge is 2.45. The van der Waals surface area contributed by atoms with Crippen molar-refractivity contribution in [3.05, 3.63) is 0 Å². The van der Waals surface area contributed by atoms with E-state index in [0.29, 0.717) is 0 Å². The topological polar surface area (TPSA) is 160 Å². The maximum atomic E-state index is 9.80. The van der Waals surface area contributed by atoms with Crippen LogP contribution in [-0.4, -0.2) is 97.5 Å². The van der Waals surface area contributed by atoms with Gasteiger partial charge in [-0.05, 0) is 13.8 Å². The van der Waals surface area contributed by atoms with Crippen LogP contribution in [0.2, 0.25) is 0 Å². The van der Waals surface area contributed by atoms with E-state index in [-0.39, 0.29) is 0 Å². The van der Waals surface area contributed by atoms with E-state index in [9.17, 15) is 30.6 Å². The maximum Gasteiger partial charge on any atom is 0.187 e. The number of aliphatic hydroxyl groups excluding tert-OH is 7. The van der Waals surface area contributed by atoms with Crippen molar-refractivity contribution in [3.63, 3.8) is 0 Å². The molecule has 0 aromatic rings. The molecule has 1 aliphatic rings. The van der Waals surface area contributed by atoms with Crippen LogP contribution < -0.4 is 0 Å². The van der Waals surface area contributed by atoms with E-state index in [0.717, 1.165) is 0 Å². The standard InChI is InChI=1S/C12H24O9.2C2H6/c1-4(14)11(8(17)6(15)3-13)21-12-10(19)9(18)7(16)5(2)20-12;2*1-2/h4-19H,3H2,1-2H3;2*1-2H3/t4?,5-,6?,7+,8?,9+,10-,11?,12+;;/m1../s1. The van der Waals surface area contributed by atoms with Crippen molar-refractivity contribution in [3.8, 4) is 0 Å². The molecule has 0 aliphatic carbocycles. The first-order valence-corrected chi connectivity index (χ1v) is 8.70. The average molecular weight is 372 g/mol. The summed E-state index contributed by atoms with van der Waals surface area (Å²) in [4.78, 5) is 0. The molecule has 4 unspecified atom stereocenters. The van der Waals surface area contributed by atoms with Gasteiger partial charge in [-0.2, -0.15) is 0 Å². The average Bonchev–Trinajstić information content (AvgIpc) is 2.63. The van der Waals surface area contributed by atoms with Crippen LogP contribution in [0.4, 0.5) is 0 Å². The molecule has 1 aliphatic heterocycles. The zero-order valence-electron chi connectivity index (χ0n) is 15.9. The first-order valence-electron chi connectivity index (χ1n) is 8.70. The highest BCUT2D eigenvalue weighted by molar-refractivity contribution is 4.89. The molecule has 0 aromatic heterocycles. The number of hydrogen-bond donors (Lipinski definition) is 7. The van der Waals surface area contributed by atoms with Gasteiger partial charge in [0.25, 0.3) is 0 Å². The molecule has 1 fully saturated rings. The predicted molar refractivity (Wildman–Crippen MR) is 90.7 cm³/mol. The molecule has 0 spiro atoms. The van der Waals surface area contributed by atoms with Crippen molar-refractivity contribution in [1.29, 1.82) is 0 Å². The fourth-order valence-electron chi connectivity index (χ4n) is 2.09. The van der Waals surface area contributed by atoms with Crippen molar-refractivity contribution in [2.75, 3.05) is 6.61 Å². The second-order valence-electron chi connectivity index (χ2n) is 5.26. The Labute approximate surface area is 149 Å². The van der Waals surface area contributed by atoms with Crippen LogP contribution >= 0.6 is 0 Å². The Morgan fingerprint density at radius 2 is 1.40 bits per heavy atom. The van der Waals surface area contributed by atoms with E-state index in [2.05, 4.69) is 0 Å². The lowest BCUT2D eigenvalue weighted by atomic mass is 9.99. The van der Waals surface area contributed by atoms with Crippen molar-refractivity contribution >= 4 is 0 Å². The van der Waals surface area contributed by atoms with Gasteiger partial charge in [0.05, 0.1) is 18.8 Å². The van der Waals surface area contributed by atoms with Gasteiger partial charge in [0.1, 0.15) is 36.6 Å². The van der Waals surface area contributed by atoms with Gasteiger partial charge < -0.3 is 45.2 Å². The Morgan fingerprint density at radius 3 is 1.80 bits per heavy atom. The lowest BCUT2D eigenvalue weighted by Gasteiger charge is -2.41. The van der Waals surface area contributed by atoms with Crippen molar-refractivity contribution in [2.24, 2.45) is 0 Å². The summed E-state index contributed by atoms with van der Waals surface area (Å²) in [6.45, 7) is 9.98. The van der Waals surface area contributed by atoms with E-state index in [1.165, 1.54) is 13.8 Å². The first-order chi connectivity index (χ1) is 11.7. The molecule has 9 nitrogen and oxygen atoms in total. The minimum atomic E-state index is -1.63. The van der Waals surface area contributed by atoms with Gasteiger partial charge in [0.2, 0.25) is 0 Å². The number of rotatable bonds is 6. The minimum Gasteiger partial charge on any atom is -0.394 e. The van der Waals surface area contributed by atoms with Gasteiger partial charge in [-0.1, -0.05) is 27.7 Å². The summed E-state index contributed by atoms with van der Waals surface area (Å²) in [5.41, 5.74) is 0. The molecule has 0 saturated carbocycles. The molecular weight excluding hydrogens is 336 g/mol. The third kappa shape index (κ3) is 7.81. The lowest BCUT2D eigenvalue weighted by molar-refractivity contribution is -0.319. The van der Waals surface area contributed by atoms with E-state index < -0.39 is 61.7 Å².